The Labute approximate surface area is 189 Å². The van der Waals surface area contributed by atoms with Crippen LogP contribution in [-0.2, 0) is 26.0 Å². The molecule has 0 aliphatic carbocycles. The van der Waals surface area contributed by atoms with Gasteiger partial charge < -0.3 is 15.5 Å². The van der Waals surface area contributed by atoms with E-state index in [2.05, 4.69) is 34.6 Å². The Morgan fingerprint density at radius 2 is 1.88 bits per heavy atom. The second-order valence-electron chi connectivity index (χ2n) is 7.75. The number of nitrogens with one attached hydrogen (secondary N) is 2. The summed E-state index contributed by atoms with van der Waals surface area (Å²) in [5.41, 5.74) is 2.55. The highest BCUT2D eigenvalue weighted by molar-refractivity contribution is 7.89. The molecule has 1 heterocycles. The number of carbonyl (C=O) groups excluding carboxylic acids is 2. The van der Waals surface area contributed by atoms with Crippen LogP contribution >= 0.6 is 0 Å². The van der Waals surface area contributed by atoms with Crippen molar-refractivity contribution < 1.29 is 18.0 Å². The van der Waals surface area contributed by atoms with Gasteiger partial charge in [-0.3, -0.25) is 9.59 Å². The van der Waals surface area contributed by atoms with E-state index in [1.165, 1.54) is 13.1 Å². The molecule has 2 N–H and O–H groups in total. The summed E-state index contributed by atoms with van der Waals surface area (Å²) in [5.74, 6) is -0.420. The minimum Gasteiger partial charge on any atom is -0.372 e. The number of carbonyl (C=O) groups is 2. The van der Waals surface area contributed by atoms with Gasteiger partial charge in [0.25, 0.3) is 0 Å². The van der Waals surface area contributed by atoms with Crippen molar-refractivity contribution in [3.05, 3.63) is 54.1 Å². The number of benzene rings is 2. The Morgan fingerprint density at radius 1 is 1.12 bits per heavy atom. The summed E-state index contributed by atoms with van der Waals surface area (Å²) in [6.07, 6.45) is 1.57. The molecule has 1 aliphatic rings. The maximum atomic E-state index is 12.9. The molecule has 172 valence electrons. The molecule has 0 saturated heterocycles. The van der Waals surface area contributed by atoms with Crippen molar-refractivity contribution in [1.82, 2.24) is 9.62 Å². The molecule has 9 heteroatoms. The molecular formula is C23H30N4O4S. The van der Waals surface area contributed by atoms with Crippen LogP contribution in [0.3, 0.4) is 0 Å². The number of amides is 2. The molecule has 0 aromatic heterocycles. The molecule has 0 fully saturated rings. The predicted molar refractivity (Wildman–Crippen MR) is 125 cm³/mol. The van der Waals surface area contributed by atoms with Crippen LogP contribution < -0.4 is 15.5 Å². The zero-order chi connectivity index (χ0) is 23.1. The second-order valence-corrected chi connectivity index (χ2v) is 9.79. The zero-order valence-electron chi connectivity index (χ0n) is 18.5. The molecule has 0 atom stereocenters. The van der Waals surface area contributed by atoms with Gasteiger partial charge in [0.15, 0.2) is 0 Å². The summed E-state index contributed by atoms with van der Waals surface area (Å²) in [4.78, 5) is 26.1. The number of rotatable bonds is 10. The highest BCUT2D eigenvalue weighted by Crippen LogP contribution is 2.26. The monoisotopic (exact) mass is 458 g/mol. The molecule has 1 aliphatic heterocycles. The molecular weight excluding hydrogens is 428 g/mol. The van der Waals surface area contributed by atoms with Crippen molar-refractivity contribution >= 4 is 33.2 Å². The zero-order valence-corrected chi connectivity index (χ0v) is 19.3. The molecule has 0 radical (unpaired) electrons. The minimum atomic E-state index is -3.81. The maximum absolute atomic E-state index is 12.9. The normalized spacial score (nSPS) is 13.4. The first-order valence-electron chi connectivity index (χ1n) is 10.8. The van der Waals surface area contributed by atoms with E-state index in [4.69, 9.17) is 0 Å². The van der Waals surface area contributed by atoms with Crippen molar-refractivity contribution in [1.29, 1.82) is 0 Å². The Balaban J connectivity index is 1.50. The average molecular weight is 459 g/mol. The first-order valence-corrected chi connectivity index (χ1v) is 12.2. The highest BCUT2D eigenvalue weighted by atomic mass is 32.2. The lowest BCUT2D eigenvalue weighted by atomic mass is 10.0. The number of fused-ring (bicyclic) bond motifs is 1. The fourth-order valence-corrected chi connectivity index (χ4v) is 4.83. The van der Waals surface area contributed by atoms with Crippen LogP contribution in [0.5, 0.6) is 0 Å². The molecule has 0 bridgehead atoms. The SMILES string of the molecule is CCN(CCCNC(=O)CN(C)S(=O)(=O)c1ccc2c(c1)CCC(=O)N2)c1ccccc1. The second kappa shape index (κ2) is 10.6. The standard InChI is InChI=1S/C23H30N4O4S/c1-3-27(19-8-5-4-6-9-19)15-7-14-24-23(29)17-26(2)32(30,31)20-11-12-21-18(16-20)10-13-22(28)25-21/h4-6,8-9,11-12,16H,3,7,10,13-15,17H2,1-2H3,(H,24,29)(H,25,28). The van der Waals surface area contributed by atoms with E-state index >= 15 is 0 Å². The van der Waals surface area contributed by atoms with Gasteiger partial charge in [0, 0.05) is 44.5 Å². The third-order valence-electron chi connectivity index (χ3n) is 5.48. The van der Waals surface area contributed by atoms with Gasteiger partial charge in [0.2, 0.25) is 21.8 Å². The van der Waals surface area contributed by atoms with E-state index in [0.717, 1.165) is 35.1 Å². The summed E-state index contributed by atoms with van der Waals surface area (Å²) in [5, 5.41) is 5.54. The quantitative estimate of drug-likeness (QED) is 0.532. The van der Waals surface area contributed by atoms with Crippen LogP contribution in [0.2, 0.25) is 0 Å². The molecule has 0 unspecified atom stereocenters. The van der Waals surface area contributed by atoms with Gasteiger partial charge in [-0.2, -0.15) is 4.31 Å². The van der Waals surface area contributed by atoms with Crippen LogP contribution in [0, 0.1) is 0 Å². The first-order chi connectivity index (χ1) is 15.3. The lowest BCUT2D eigenvalue weighted by molar-refractivity contribution is -0.121. The van der Waals surface area contributed by atoms with E-state index < -0.39 is 10.0 Å². The maximum Gasteiger partial charge on any atom is 0.243 e. The topological polar surface area (TPSA) is 98.8 Å². The third-order valence-corrected chi connectivity index (χ3v) is 7.28. The summed E-state index contributed by atoms with van der Waals surface area (Å²) >= 11 is 0. The summed E-state index contributed by atoms with van der Waals surface area (Å²) in [7, 11) is -2.42. The Morgan fingerprint density at radius 3 is 2.59 bits per heavy atom. The van der Waals surface area contributed by atoms with Crippen LogP contribution in [0.15, 0.2) is 53.4 Å². The van der Waals surface area contributed by atoms with Crippen molar-refractivity contribution in [2.24, 2.45) is 0 Å². The van der Waals surface area contributed by atoms with Gasteiger partial charge in [-0.1, -0.05) is 18.2 Å². The van der Waals surface area contributed by atoms with Crippen molar-refractivity contribution in [3.63, 3.8) is 0 Å². The van der Waals surface area contributed by atoms with E-state index in [-0.39, 0.29) is 23.3 Å². The molecule has 2 amide bonds. The van der Waals surface area contributed by atoms with Crippen LogP contribution in [0.1, 0.15) is 25.3 Å². The lowest BCUT2D eigenvalue weighted by Crippen LogP contribution is -2.39. The van der Waals surface area contributed by atoms with E-state index in [1.807, 2.05) is 18.2 Å². The summed E-state index contributed by atoms with van der Waals surface area (Å²) in [6.45, 7) is 3.95. The van der Waals surface area contributed by atoms with E-state index in [1.54, 1.807) is 12.1 Å². The number of hydrogen-bond acceptors (Lipinski definition) is 5. The Hall–Kier alpha value is -2.91. The number of nitrogens with zero attached hydrogens (tertiary/aromatic N) is 2. The van der Waals surface area contributed by atoms with Crippen molar-refractivity contribution in [2.45, 2.75) is 31.1 Å². The fraction of sp³-hybridized carbons (Fsp3) is 0.391. The average Bonchev–Trinajstić information content (AvgIpc) is 2.79. The minimum absolute atomic E-state index is 0.0762. The number of para-hydroxylation sites is 1. The Bertz CT molecular complexity index is 1060. The third kappa shape index (κ3) is 5.86. The number of hydrogen-bond donors (Lipinski definition) is 2. The molecule has 0 spiro atoms. The summed E-state index contributed by atoms with van der Waals surface area (Å²) < 4.78 is 26.8. The molecule has 0 saturated carbocycles. The number of aryl methyl sites for hydroxylation is 1. The van der Waals surface area contributed by atoms with Crippen LogP contribution in [0.25, 0.3) is 0 Å². The van der Waals surface area contributed by atoms with E-state index in [0.29, 0.717) is 25.1 Å². The number of likely N-dealkylation sites (N-methyl/N-ethyl adjacent to an activating group) is 1. The number of anilines is 2. The van der Waals surface area contributed by atoms with Gasteiger partial charge in [-0.25, -0.2) is 8.42 Å². The van der Waals surface area contributed by atoms with Crippen molar-refractivity contribution in [3.8, 4) is 0 Å². The summed E-state index contributed by atoms with van der Waals surface area (Å²) in [6, 6.07) is 14.7. The van der Waals surface area contributed by atoms with Gasteiger partial charge in [-0.15, -0.1) is 0 Å². The molecule has 2 aromatic carbocycles. The molecule has 2 aromatic rings. The van der Waals surface area contributed by atoms with Crippen molar-refractivity contribution in [2.75, 3.05) is 43.4 Å². The predicted octanol–water partition coefficient (Wildman–Crippen LogP) is 2.22. The van der Waals surface area contributed by atoms with E-state index in [9.17, 15) is 18.0 Å². The lowest BCUT2D eigenvalue weighted by Gasteiger charge is -2.23. The largest absolute Gasteiger partial charge is 0.372 e. The molecule has 32 heavy (non-hydrogen) atoms. The highest BCUT2D eigenvalue weighted by Gasteiger charge is 2.25. The van der Waals surface area contributed by atoms with Gasteiger partial charge in [0.05, 0.1) is 11.4 Å². The number of sulfonamides is 1. The van der Waals surface area contributed by atoms with Gasteiger partial charge in [-0.05, 0) is 55.7 Å². The molecule has 8 nitrogen and oxygen atoms in total. The first kappa shape index (κ1) is 23.7. The molecule has 3 rings (SSSR count). The smallest absolute Gasteiger partial charge is 0.243 e. The van der Waals surface area contributed by atoms with Gasteiger partial charge >= 0.3 is 0 Å². The van der Waals surface area contributed by atoms with Crippen LogP contribution in [-0.4, -0.2) is 57.8 Å². The van der Waals surface area contributed by atoms with Crippen LogP contribution in [0.4, 0.5) is 11.4 Å². The fourth-order valence-electron chi connectivity index (χ4n) is 3.65. The van der Waals surface area contributed by atoms with Gasteiger partial charge in [0.1, 0.15) is 0 Å². The Kier molecular flexibility index (Phi) is 7.87.